The van der Waals surface area contributed by atoms with Crippen LogP contribution in [0.5, 0.6) is 0 Å². The number of carbonyl (C=O) groups is 10. The lowest BCUT2D eigenvalue weighted by molar-refractivity contribution is -0.384. The molecule has 113 heavy (non-hydrogen) atoms. The zero-order valence-electron chi connectivity index (χ0n) is 61.8. The molecule has 7 aromatic carbocycles. The van der Waals surface area contributed by atoms with E-state index < -0.39 is 170 Å². The van der Waals surface area contributed by atoms with Gasteiger partial charge in [-0.15, -0.1) is 0 Å². The Labute approximate surface area is 650 Å². The van der Waals surface area contributed by atoms with E-state index in [1.54, 1.807) is 91.0 Å². The van der Waals surface area contributed by atoms with Gasteiger partial charge in [0.15, 0.2) is 17.5 Å². The standard InChI is InChI=1S/C83H86N8O22/c92-67-50-84(44-47-108-53-59-22-7-1-8-23-59)76(73(70(67)95)111-56-62-28-13-4-14-29-62)87(79(98)99)41-19-38-83(90(82(104)105)65-34-36-66(37-35-65)91(106)107,39-20-42-88(80(100)101)77-74(112-57-63-30-15-5-16-31-63)71(96)68(93)51-85(77)45-48-109-54-60-24-9-2-10-25-60)40-21-43-89(81(102)103)78-75(113-58-64-32-17-6-18-33-64)72(97)69(94)52-86(78)46-49-110-55-61-26-11-3-12-27-61/h1-18,22-37H,19-21,38-58H2,(H,98,99)(H,100,101)(H,102,103)(H,104,105). The highest BCUT2D eigenvalue weighted by atomic mass is 16.6. The number of benzene rings is 7. The highest BCUT2D eigenvalue weighted by molar-refractivity contribution is 6.45. The molecular formula is C83H86N8O22. The second-order valence-corrected chi connectivity index (χ2v) is 26.6. The molecule has 0 bridgehead atoms. The SMILES string of the molecule is O=C1CN(CCOCc2ccccc2)C(N(CCCC(CCCN(C(=O)O)C2=C(OCc3ccccc3)C(=O)C(=O)CN2CCOCc2ccccc2)(CCCN(C(=O)O)C2=C(OCc3ccccc3)C(=O)C(=O)CN2CCOCc2ccccc2)N(C(=O)O)c2ccc([N+](=O)[O-])cc2)C(=O)O)=C(OCc2ccccc2)C1=O. The number of rotatable bonds is 42. The first-order chi connectivity index (χ1) is 54.7. The molecule has 30 nitrogen and oxygen atoms in total. The molecule has 0 aliphatic carbocycles. The van der Waals surface area contributed by atoms with Crippen molar-refractivity contribution in [1.29, 1.82) is 0 Å². The van der Waals surface area contributed by atoms with Gasteiger partial charge in [0.2, 0.25) is 34.6 Å². The van der Waals surface area contributed by atoms with Crippen LogP contribution in [0.1, 0.15) is 71.9 Å². The number of non-ortho nitro benzene ring substituents is 1. The predicted octanol–water partition coefficient (Wildman–Crippen LogP) is 11.3. The summed E-state index contributed by atoms with van der Waals surface area (Å²) in [5.41, 5.74) is 1.26. The predicted molar refractivity (Wildman–Crippen MR) is 406 cm³/mol. The number of nitro groups is 1. The maximum Gasteiger partial charge on any atom is 0.413 e. The van der Waals surface area contributed by atoms with Crippen molar-refractivity contribution in [1.82, 2.24) is 29.4 Å². The first-order valence-electron chi connectivity index (χ1n) is 36.5. The first-order valence-corrected chi connectivity index (χ1v) is 36.5. The zero-order chi connectivity index (χ0) is 80.2. The number of Topliss-reactive ketones (excluding diaryl/α,β-unsaturated/α-hetero) is 6. The van der Waals surface area contributed by atoms with E-state index in [2.05, 4.69) is 0 Å². The summed E-state index contributed by atoms with van der Waals surface area (Å²) in [6, 6.07) is 57.1. The van der Waals surface area contributed by atoms with Crippen LogP contribution in [0.15, 0.2) is 241 Å². The van der Waals surface area contributed by atoms with Crippen molar-refractivity contribution in [2.24, 2.45) is 0 Å². The number of ether oxygens (including phenoxy) is 6. The molecule has 0 fully saturated rings. The first kappa shape index (κ1) is 82.4. The fourth-order valence-corrected chi connectivity index (χ4v) is 13.5. The number of allylic oxidation sites excluding steroid dienone is 3. The zero-order valence-corrected chi connectivity index (χ0v) is 61.8. The van der Waals surface area contributed by atoms with Gasteiger partial charge in [0.05, 0.1) is 69.7 Å². The summed E-state index contributed by atoms with van der Waals surface area (Å²) in [7, 11) is 0. The van der Waals surface area contributed by atoms with Gasteiger partial charge in [-0.3, -0.25) is 58.5 Å². The van der Waals surface area contributed by atoms with Crippen LogP contribution in [0.3, 0.4) is 0 Å². The van der Waals surface area contributed by atoms with Crippen molar-refractivity contribution < 1.29 is 102 Å². The number of carboxylic acid groups (broad SMARTS) is 4. The topological polar surface area (TPSA) is 373 Å². The summed E-state index contributed by atoms with van der Waals surface area (Å²) in [6.07, 6.45) is -9.30. The molecule has 3 aliphatic heterocycles. The monoisotopic (exact) mass is 1550 g/mol. The van der Waals surface area contributed by atoms with Crippen LogP contribution in [-0.2, 0) is 96.8 Å². The molecule has 0 aromatic heterocycles. The Bertz CT molecular complexity index is 4190. The van der Waals surface area contributed by atoms with Crippen molar-refractivity contribution in [2.75, 3.05) is 83.6 Å². The largest absolute Gasteiger partial charge is 0.481 e. The highest BCUT2D eigenvalue weighted by Crippen LogP contribution is 2.40. The Balaban J connectivity index is 1.08. The number of hydrogen-bond donors (Lipinski definition) is 4. The Morgan fingerprint density at radius 1 is 0.372 bits per heavy atom. The molecule has 0 atom stereocenters. The molecule has 3 heterocycles. The third-order valence-corrected chi connectivity index (χ3v) is 18.9. The van der Waals surface area contributed by atoms with E-state index in [1.165, 1.54) is 14.7 Å². The molecule has 0 saturated heterocycles. The number of hydrogen-bond acceptors (Lipinski definition) is 21. The van der Waals surface area contributed by atoms with Crippen LogP contribution in [-0.4, -0.2) is 198 Å². The van der Waals surface area contributed by atoms with Crippen molar-refractivity contribution in [3.63, 3.8) is 0 Å². The molecule has 0 unspecified atom stereocenters. The van der Waals surface area contributed by atoms with Gasteiger partial charge in [-0.1, -0.05) is 182 Å². The Morgan fingerprint density at radius 3 is 0.867 bits per heavy atom. The maximum atomic E-state index is 14.7. The summed E-state index contributed by atoms with van der Waals surface area (Å²) < 4.78 is 36.6. The van der Waals surface area contributed by atoms with E-state index in [0.717, 1.165) is 60.6 Å². The molecule has 4 amide bonds. The Kier molecular flexibility index (Phi) is 29.6. The van der Waals surface area contributed by atoms with Gasteiger partial charge in [0.1, 0.15) is 19.8 Å². The van der Waals surface area contributed by atoms with E-state index in [-0.39, 0.29) is 102 Å². The molecule has 590 valence electrons. The molecule has 0 saturated carbocycles. The second kappa shape index (κ2) is 40.6. The molecule has 10 rings (SSSR count). The van der Waals surface area contributed by atoms with Gasteiger partial charge < -0.3 is 63.5 Å². The summed E-state index contributed by atoms with van der Waals surface area (Å²) in [5, 5.41) is 58.8. The van der Waals surface area contributed by atoms with Crippen LogP contribution in [0.4, 0.5) is 30.6 Å². The lowest BCUT2D eigenvalue weighted by Gasteiger charge is -2.45. The van der Waals surface area contributed by atoms with E-state index in [0.29, 0.717) is 16.7 Å². The van der Waals surface area contributed by atoms with Gasteiger partial charge in [-0.05, 0) is 84.0 Å². The molecule has 30 heteroatoms. The third-order valence-electron chi connectivity index (χ3n) is 18.9. The molecule has 0 spiro atoms. The van der Waals surface area contributed by atoms with Crippen LogP contribution < -0.4 is 4.90 Å². The average molecular weight is 1550 g/mol. The minimum atomic E-state index is -2.04. The number of anilines is 1. The van der Waals surface area contributed by atoms with E-state index >= 15 is 0 Å². The fraction of sp³-hybridized carbons (Fsp3) is 0.301. The number of carbonyl (C=O) groups excluding carboxylic acids is 6. The summed E-state index contributed by atoms with van der Waals surface area (Å²) in [4.78, 5) is 160. The van der Waals surface area contributed by atoms with E-state index in [4.69, 9.17) is 28.4 Å². The van der Waals surface area contributed by atoms with Crippen LogP contribution in [0.25, 0.3) is 0 Å². The summed E-state index contributed by atoms with van der Waals surface area (Å²) >= 11 is 0. The second-order valence-electron chi connectivity index (χ2n) is 26.6. The van der Waals surface area contributed by atoms with E-state index in [9.17, 15) is 78.5 Å². The summed E-state index contributed by atoms with van der Waals surface area (Å²) in [5.74, 6) is -9.31. The highest BCUT2D eigenvalue weighted by Gasteiger charge is 2.46. The van der Waals surface area contributed by atoms with Gasteiger partial charge in [0.25, 0.3) is 23.0 Å². The van der Waals surface area contributed by atoms with Gasteiger partial charge >= 0.3 is 24.4 Å². The number of nitro benzene ring substituents is 1. The number of amides is 4. The minimum Gasteiger partial charge on any atom is -0.481 e. The van der Waals surface area contributed by atoms with Crippen molar-refractivity contribution in [3.05, 3.63) is 284 Å². The molecular weight excluding hydrogens is 1460 g/mol. The Morgan fingerprint density at radius 2 is 0.628 bits per heavy atom. The van der Waals surface area contributed by atoms with Gasteiger partial charge in [-0.25, -0.2) is 19.2 Å². The number of ketones is 6. The number of nitrogens with zero attached hydrogens (tertiary/aromatic N) is 8. The maximum absolute atomic E-state index is 14.7. The lowest BCUT2D eigenvalue weighted by Crippen LogP contribution is -2.54. The summed E-state index contributed by atoms with van der Waals surface area (Å²) in [6.45, 7) is -5.30. The van der Waals surface area contributed by atoms with Crippen molar-refractivity contribution >= 4 is 70.4 Å². The molecule has 0 radical (unpaired) electrons. The minimum absolute atomic E-state index is 0.105. The molecule has 3 aliphatic rings. The molecule has 4 N–H and O–H groups in total. The Hall–Kier alpha value is -13.1. The smallest absolute Gasteiger partial charge is 0.413 e. The van der Waals surface area contributed by atoms with Gasteiger partial charge in [-0.2, -0.15) is 0 Å². The molecule has 7 aromatic rings. The third kappa shape index (κ3) is 22.4. The fourth-order valence-electron chi connectivity index (χ4n) is 13.5. The van der Waals surface area contributed by atoms with Crippen LogP contribution in [0.2, 0.25) is 0 Å². The van der Waals surface area contributed by atoms with Crippen molar-refractivity contribution in [2.45, 2.75) is 83.7 Å². The average Bonchev–Trinajstić information content (AvgIpc) is 0.789. The lowest BCUT2D eigenvalue weighted by atomic mass is 9.81. The normalized spacial score (nSPS) is 14.0. The van der Waals surface area contributed by atoms with Crippen LogP contribution in [0, 0.1) is 10.1 Å². The van der Waals surface area contributed by atoms with Crippen LogP contribution >= 0.6 is 0 Å². The van der Waals surface area contributed by atoms with Gasteiger partial charge in [0, 0.05) is 57.1 Å². The quantitative estimate of drug-likeness (QED) is 0.0119. The van der Waals surface area contributed by atoms with E-state index in [1.807, 2.05) is 91.0 Å². The van der Waals surface area contributed by atoms with Crippen molar-refractivity contribution in [3.8, 4) is 0 Å².